The van der Waals surface area contributed by atoms with Crippen molar-refractivity contribution in [3.05, 3.63) is 17.5 Å². The van der Waals surface area contributed by atoms with Gasteiger partial charge in [-0.05, 0) is 0 Å². The normalized spacial score (nSPS) is 16.1. The summed E-state index contributed by atoms with van der Waals surface area (Å²) in [6.45, 7) is 1.89. The second-order valence-corrected chi connectivity index (χ2v) is 3.37. The van der Waals surface area contributed by atoms with Crippen LogP contribution in [0.15, 0.2) is 6.20 Å². The van der Waals surface area contributed by atoms with E-state index in [1.165, 1.54) is 0 Å². The van der Waals surface area contributed by atoms with Gasteiger partial charge in [0.05, 0.1) is 19.4 Å². The molecule has 0 unspecified atom stereocenters. The van der Waals surface area contributed by atoms with E-state index in [4.69, 9.17) is 9.84 Å². The molecule has 0 spiro atoms. The number of ether oxygens (including phenoxy) is 1. The number of aromatic carboxylic acids is 1. The van der Waals surface area contributed by atoms with Crippen molar-refractivity contribution in [2.24, 2.45) is 0 Å². The van der Waals surface area contributed by atoms with Gasteiger partial charge in [0, 0.05) is 13.1 Å². The minimum atomic E-state index is -1.16. The Balaban J connectivity index is 2.19. The van der Waals surface area contributed by atoms with Crippen LogP contribution in [0.3, 0.4) is 0 Å². The Morgan fingerprint density at radius 2 is 2.12 bits per heavy atom. The van der Waals surface area contributed by atoms with Crippen LogP contribution in [-0.2, 0) is 4.74 Å². The SMILES string of the molecule is O=C(O)c1cn[nH]c1C(=O)N1CCOCC1. The van der Waals surface area contributed by atoms with E-state index in [-0.39, 0.29) is 17.2 Å². The molecule has 0 saturated carbocycles. The Morgan fingerprint density at radius 1 is 1.44 bits per heavy atom. The zero-order valence-corrected chi connectivity index (χ0v) is 8.47. The molecule has 0 radical (unpaired) electrons. The first-order valence-corrected chi connectivity index (χ1v) is 4.84. The summed E-state index contributed by atoms with van der Waals surface area (Å²) in [6, 6.07) is 0. The number of nitrogens with zero attached hydrogens (tertiary/aromatic N) is 2. The van der Waals surface area contributed by atoms with Crippen molar-refractivity contribution >= 4 is 11.9 Å². The number of carboxylic acids is 1. The summed E-state index contributed by atoms with van der Waals surface area (Å²) in [5.74, 6) is -1.51. The van der Waals surface area contributed by atoms with Gasteiger partial charge in [0.15, 0.2) is 0 Å². The van der Waals surface area contributed by atoms with E-state index in [1.807, 2.05) is 0 Å². The lowest BCUT2D eigenvalue weighted by molar-refractivity contribution is 0.0296. The highest BCUT2D eigenvalue weighted by molar-refractivity contribution is 6.03. The summed E-state index contributed by atoms with van der Waals surface area (Å²) >= 11 is 0. The molecule has 16 heavy (non-hydrogen) atoms. The van der Waals surface area contributed by atoms with Crippen LogP contribution in [-0.4, -0.2) is 58.4 Å². The number of carbonyl (C=O) groups is 2. The molecule has 1 aliphatic heterocycles. The molecule has 7 nitrogen and oxygen atoms in total. The maximum absolute atomic E-state index is 11.9. The predicted molar refractivity (Wildman–Crippen MR) is 52.3 cm³/mol. The van der Waals surface area contributed by atoms with E-state index in [1.54, 1.807) is 4.90 Å². The summed E-state index contributed by atoms with van der Waals surface area (Å²) in [5.41, 5.74) is -0.0779. The molecule has 1 aliphatic rings. The molecule has 1 saturated heterocycles. The fourth-order valence-electron chi connectivity index (χ4n) is 1.54. The number of amides is 1. The Bertz CT molecular complexity index is 409. The number of nitrogens with one attached hydrogen (secondary N) is 1. The van der Waals surface area contributed by atoms with E-state index in [0.717, 1.165) is 6.20 Å². The van der Waals surface area contributed by atoms with Gasteiger partial charge in [0.1, 0.15) is 11.3 Å². The Kier molecular flexibility index (Phi) is 2.86. The van der Waals surface area contributed by atoms with Gasteiger partial charge in [-0.15, -0.1) is 0 Å². The smallest absolute Gasteiger partial charge is 0.339 e. The van der Waals surface area contributed by atoms with Crippen LogP contribution in [0.2, 0.25) is 0 Å². The summed E-state index contributed by atoms with van der Waals surface area (Å²) in [7, 11) is 0. The zero-order chi connectivity index (χ0) is 11.5. The van der Waals surface area contributed by atoms with Crippen LogP contribution < -0.4 is 0 Å². The number of carbonyl (C=O) groups excluding carboxylic acids is 1. The van der Waals surface area contributed by atoms with E-state index >= 15 is 0 Å². The number of aromatic nitrogens is 2. The molecule has 1 aromatic rings. The average Bonchev–Trinajstić information content (AvgIpc) is 2.78. The van der Waals surface area contributed by atoms with Crippen LogP contribution in [0.25, 0.3) is 0 Å². The van der Waals surface area contributed by atoms with Crippen molar-refractivity contribution < 1.29 is 19.4 Å². The van der Waals surface area contributed by atoms with Crippen LogP contribution >= 0.6 is 0 Å². The lowest BCUT2D eigenvalue weighted by Crippen LogP contribution is -2.41. The molecule has 1 aromatic heterocycles. The molecule has 0 bridgehead atoms. The maximum Gasteiger partial charge on any atom is 0.339 e. The minimum Gasteiger partial charge on any atom is -0.478 e. The first-order valence-electron chi connectivity index (χ1n) is 4.84. The number of aromatic amines is 1. The summed E-state index contributed by atoms with van der Waals surface area (Å²) in [4.78, 5) is 24.3. The second kappa shape index (κ2) is 4.31. The highest BCUT2D eigenvalue weighted by Gasteiger charge is 2.24. The number of H-pyrrole nitrogens is 1. The van der Waals surface area contributed by atoms with Gasteiger partial charge in [-0.25, -0.2) is 4.79 Å². The van der Waals surface area contributed by atoms with Gasteiger partial charge >= 0.3 is 5.97 Å². The van der Waals surface area contributed by atoms with Crippen molar-refractivity contribution in [3.63, 3.8) is 0 Å². The van der Waals surface area contributed by atoms with E-state index in [0.29, 0.717) is 26.3 Å². The van der Waals surface area contributed by atoms with Crippen molar-refractivity contribution in [3.8, 4) is 0 Å². The van der Waals surface area contributed by atoms with Gasteiger partial charge in [-0.3, -0.25) is 9.89 Å². The highest BCUT2D eigenvalue weighted by atomic mass is 16.5. The van der Waals surface area contributed by atoms with Crippen LogP contribution in [0, 0.1) is 0 Å². The number of carboxylic acid groups (broad SMARTS) is 1. The lowest BCUT2D eigenvalue weighted by Gasteiger charge is -2.26. The second-order valence-electron chi connectivity index (χ2n) is 3.37. The molecule has 0 atom stereocenters. The fraction of sp³-hybridized carbons (Fsp3) is 0.444. The van der Waals surface area contributed by atoms with Crippen LogP contribution in [0.1, 0.15) is 20.8 Å². The number of hydrogen-bond donors (Lipinski definition) is 2. The van der Waals surface area contributed by atoms with Crippen molar-refractivity contribution in [1.29, 1.82) is 0 Å². The molecule has 0 aliphatic carbocycles. The zero-order valence-electron chi connectivity index (χ0n) is 8.47. The molecule has 7 heteroatoms. The fourth-order valence-corrected chi connectivity index (χ4v) is 1.54. The molecule has 1 fully saturated rings. The molecule has 2 N–H and O–H groups in total. The largest absolute Gasteiger partial charge is 0.478 e. The van der Waals surface area contributed by atoms with Crippen molar-refractivity contribution in [2.75, 3.05) is 26.3 Å². The Hall–Kier alpha value is -1.89. The minimum absolute atomic E-state index is 0.0226. The quantitative estimate of drug-likeness (QED) is 0.712. The van der Waals surface area contributed by atoms with E-state index < -0.39 is 5.97 Å². The average molecular weight is 225 g/mol. The van der Waals surface area contributed by atoms with Crippen molar-refractivity contribution in [1.82, 2.24) is 15.1 Å². The Morgan fingerprint density at radius 3 is 2.75 bits per heavy atom. The maximum atomic E-state index is 11.9. The van der Waals surface area contributed by atoms with Gasteiger partial charge < -0.3 is 14.7 Å². The van der Waals surface area contributed by atoms with Gasteiger partial charge in [0.2, 0.25) is 0 Å². The number of rotatable bonds is 2. The van der Waals surface area contributed by atoms with Gasteiger partial charge in [-0.1, -0.05) is 0 Å². The summed E-state index contributed by atoms with van der Waals surface area (Å²) in [6.07, 6.45) is 1.13. The number of morpholine rings is 1. The van der Waals surface area contributed by atoms with Gasteiger partial charge in [0.25, 0.3) is 5.91 Å². The first-order chi connectivity index (χ1) is 7.70. The van der Waals surface area contributed by atoms with Crippen LogP contribution in [0.5, 0.6) is 0 Å². The summed E-state index contributed by atoms with van der Waals surface area (Å²) in [5, 5.41) is 14.8. The molecule has 1 amide bonds. The number of hydrogen-bond acceptors (Lipinski definition) is 4. The third kappa shape index (κ3) is 1.89. The molecule has 2 heterocycles. The third-order valence-corrected chi connectivity index (χ3v) is 2.38. The first kappa shape index (κ1) is 10.6. The molecule has 86 valence electrons. The summed E-state index contributed by atoms with van der Waals surface area (Å²) < 4.78 is 5.11. The standard InChI is InChI=1S/C9H11N3O4/c13-8(12-1-3-16-4-2-12)7-6(9(14)15)5-10-11-7/h5H,1-4H2,(H,10,11)(H,14,15). The Labute approximate surface area is 91.0 Å². The van der Waals surface area contributed by atoms with Gasteiger partial charge in [-0.2, -0.15) is 5.10 Å². The van der Waals surface area contributed by atoms with E-state index in [9.17, 15) is 9.59 Å². The molecule has 0 aromatic carbocycles. The predicted octanol–water partition coefficient (Wildman–Crippen LogP) is -0.420. The molecular weight excluding hydrogens is 214 g/mol. The topological polar surface area (TPSA) is 95.5 Å². The monoisotopic (exact) mass is 225 g/mol. The van der Waals surface area contributed by atoms with Crippen LogP contribution in [0.4, 0.5) is 0 Å². The molecular formula is C9H11N3O4. The van der Waals surface area contributed by atoms with E-state index in [2.05, 4.69) is 10.2 Å². The highest BCUT2D eigenvalue weighted by Crippen LogP contribution is 2.09. The third-order valence-electron chi connectivity index (χ3n) is 2.38. The van der Waals surface area contributed by atoms with Crippen molar-refractivity contribution in [2.45, 2.75) is 0 Å². The molecule has 2 rings (SSSR count). The lowest BCUT2D eigenvalue weighted by atomic mass is 10.2.